The van der Waals surface area contributed by atoms with Crippen molar-refractivity contribution in [2.75, 3.05) is 14.2 Å². The number of hydrogen-bond acceptors (Lipinski definition) is 4. The van der Waals surface area contributed by atoms with Crippen molar-refractivity contribution in [1.29, 1.82) is 0 Å². The summed E-state index contributed by atoms with van der Waals surface area (Å²) in [6.07, 6.45) is 3.74. The lowest BCUT2D eigenvalue weighted by Crippen LogP contribution is -2.31. The van der Waals surface area contributed by atoms with Crippen LogP contribution >= 0.6 is 0 Å². The average molecular weight is 338 g/mol. The molecule has 0 amide bonds. The van der Waals surface area contributed by atoms with Crippen LogP contribution in [0.3, 0.4) is 0 Å². The van der Waals surface area contributed by atoms with Crippen molar-refractivity contribution in [3.05, 3.63) is 77.4 Å². The molecule has 0 N–H and O–H groups in total. The summed E-state index contributed by atoms with van der Waals surface area (Å²) < 4.78 is 9.68. The van der Waals surface area contributed by atoms with Gasteiger partial charge in [-0.25, -0.2) is 0 Å². The fourth-order valence-electron chi connectivity index (χ4n) is 2.63. The smallest absolute Gasteiger partial charge is 0.321 e. The van der Waals surface area contributed by atoms with Crippen molar-refractivity contribution in [3.63, 3.8) is 0 Å². The van der Waals surface area contributed by atoms with Crippen LogP contribution in [0.2, 0.25) is 0 Å². The molecule has 0 saturated carbocycles. The van der Waals surface area contributed by atoms with E-state index in [0.29, 0.717) is 0 Å². The van der Waals surface area contributed by atoms with Crippen molar-refractivity contribution in [1.82, 2.24) is 0 Å². The molecule has 0 radical (unpaired) electrons. The van der Waals surface area contributed by atoms with Crippen molar-refractivity contribution in [2.24, 2.45) is 5.92 Å². The van der Waals surface area contributed by atoms with Gasteiger partial charge in [0.05, 0.1) is 14.2 Å². The summed E-state index contributed by atoms with van der Waals surface area (Å²) in [6.45, 7) is 1.98. The molecule has 130 valence electrons. The number of esters is 2. The van der Waals surface area contributed by atoms with Gasteiger partial charge in [0, 0.05) is 5.92 Å². The Hall–Kier alpha value is -2.88. The molecule has 0 aliphatic rings. The summed E-state index contributed by atoms with van der Waals surface area (Å²) in [5, 5.41) is 0. The highest BCUT2D eigenvalue weighted by atomic mass is 16.5. The summed E-state index contributed by atoms with van der Waals surface area (Å²) >= 11 is 0. The Bertz CT molecular complexity index is 716. The highest BCUT2D eigenvalue weighted by molar-refractivity contribution is 5.96. The number of benzene rings is 2. The van der Waals surface area contributed by atoms with Crippen LogP contribution in [-0.2, 0) is 19.1 Å². The van der Waals surface area contributed by atoms with E-state index in [0.717, 1.165) is 16.7 Å². The molecule has 4 nitrogen and oxygen atoms in total. The molecule has 0 unspecified atom stereocenters. The van der Waals surface area contributed by atoms with Crippen molar-refractivity contribution < 1.29 is 19.1 Å². The molecule has 0 aliphatic carbocycles. The molecule has 2 rings (SSSR count). The Morgan fingerprint density at radius 2 is 1.44 bits per heavy atom. The van der Waals surface area contributed by atoms with Crippen LogP contribution in [-0.4, -0.2) is 26.2 Å². The van der Waals surface area contributed by atoms with Gasteiger partial charge < -0.3 is 9.47 Å². The van der Waals surface area contributed by atoms with Crippen LogP contribution in [0.4, 0.5) is 0 Å². The number of aryl methyl sites for hydroxylation is 1. The van der Waals surface area contributed by atoms with Gasteiger partial charge in [-0.05, 0) is 18.1 Å². The van der Waals surface area contributed by atoms with E-state index in [2.05, 4.69) is 0 Å². The first kappa shape index (κ1) is 18.5. The Morgan fingerprint density at radius 3 is 1.96 bits per heavy atom. The molecule has 0 heterocycles. The van der Waals surface area contributed by atoms with Crippen LogP contribution in [0.5, 0.6) is 0 Å². The zero-order valence-corrected chi connectivity index (χ0v) is 14.6. The molecule has 0 aromatic heterocycles. The maximum atomic E-state index is 12.2. The molecule has 4 heteroatoms. The highest BCUT2D eigenvalue weighted by Crippen LogP contribution is 2.29. The molecular weight excluding hydrogens is 316 g/mol. The maximum Gasteiger partial charge on any atom is 0.321 e. The lowest BCUT2D eigenvalue weighted by Gasteiger charge is -2.21. The summed E-state index contributed by atoms with van der Waals surface area (Å²) in [4.78, 5) is 24.5. The topological polar surface area (TPSA) is 52.6 Å². The number of carbonyl (C=O) groups excluding carboxylic acids is 2. The Labute approximate surface area is 148 Å². The van der Waals surface area contributed by atoms with Crippen LogP contribution in [0.1, 0.15) is 22.6 Å². The summed E-state index contributed by atoms with van der Waals surface area (Å²) in [6, 6.07) is 17.4. The summed E-state index contributed by atoms with van der Waals surface area (Å²) in [7, 11) is 2.54. The minimum Gasteiger partial charge on any atom is -0.468 e. The second kappa shape index (κ2) is 8.83. The van der Waals surface area contributed by atoms with Gasteiger partial charge in [0.1, 0.15) is 0 Å². The van der Waals surface area contributed by atoms with Crippen molar-refractivity contribution in [2.45, 2.75) is 12.8 Å². The van der Waals surface area contributed by atoms with Crippen LogP contribution in [0.15, 0.2) is 60.7 Å². The third-order valence-corrected chi connectivity index (χ3v) is 4.03. The highest BCUT2D eigenvalue weighted by Gasteiger charge is 2.36. The molecule has 0 spiro atoms. The first-order valence-corrected chi connectivity index (χ1v) is 8.02. The van der Waals surface area contributed by atoms with Gasteiger partial charge in [-0.3, -0.25) is 9.59 Å². The third-order valence-electron chi connectivity index (χ3n) is 4.03. The van der Waals surface area contributed by atoms with Gasteiger partial charge in [-0.1, -0.05) is 72.3 Å². The minimum atomic E-state index is -1.06. The molecule has 0 aliphatic heterocycles. The number of methoxy groups -OCH3 is 2. The quantitative estimate of drug-likeness (QED) is 0.594. The van der Waals surface area contributed by atoms with Crippen LogP contribution in [0, 0.1) is 12.8 Å². The Balaban J connectivity index is 2.46. The predicted octanol–water partition coefficient (Wildman–Crippen LogP) is 3.75. The first-order valence-electron chi connectivity index (χ1n) is 8.02. The number of ether oxygens (including phenoxy) is 2. The standard InChI is InChI=1S/C21H22O4/c1-15-9-12-17(13-10-15)18(14-11-16-7-5-4-6-8-16)19(20(22)24-2)21(23)25-3/h4-14,18-19H,1-3H3/b14-11+/t18-/m1/s1. The van der Waals surface area contributed by atoms with Crippen molar-refractivity contribution >= 4 is 18.0 Å². The zero-order chi connectivity index (χ0) is 18.2. The number of hydrogen-bond donors (Lipinski definition) is 0. The van der Waals surface area contributed by atoms with Gasteiger partial charge in [-0.15, -0.1) is 0 Å². The molecular formula is C21H22O4. The number of allylic oxidation sites excluding steroid dienone is 1. The second-order valence-electron chi connectivity index (χ2n) is 5.73. The first-order chi connectivity index (χ1) is 12.1. The SMILES string of the molecule is COC(=O)C(C(=O)OC)[C@H](/C=C/c1ccccc1)c1ccc(C)cc1. The molecule has 0 bridgehead atoms. The van der Waals surface area contributed by atoms with E-state index in [1.54, 1.807) is 0 Å². The average Bonchev–Trinajstić information content (AvgIpc) is 2.65. The molecule has 0 fully saturated rings. The fourth-order valence-corrected chi connectivity index (χ4v) is 2.63. The molecule has 1 atom stereocenters. The van der Waals surface area contributed by atoms with Crippen LogP contribution < -0.4 is 0 Å². The molecule has 0 saturated heterocycles. The van der Waals surface area contributed by atoms with Crippen molar-refractivity contribution in [3.8, 4) is 0 Å². The van der Waals surface area contributed by atoms with E-state index in [1.807, 2.05) is 73.7 Å². The van der Waals surface area contributed by atoms with E-state index < -0.39 is 23.8 Å². The maximum absolute atomic E-state index is 12.2. The molecule has 25 heavy (non-hydrogen) atoms. The fraction of sp³-hybridized carbons (Fsp3) is 0.238. The summed E-state index contributed by atoms with van der Waals surface area (Å²) in [5.41, 5.74) is 2.92. The normalized spacial score (nSPS) is 12.2. The van der Waals surface area contributed by atoms with Gasteiger partial charge in [0.2, 0.25) is 0 Å². The second-order valence-corrected chi connectivity index (χ2v) is 5.73. The molecule has 2 aromatic rings. The number of rotatable bonds is 6. The van der Waals surface area contributed by atoms with Gasteiger partial charge in [0.15, 0.2) is 5.92 Å². The van der Waals surface area contributed by atoms with E-state index in [-0.39, 0.29) is 0 Å². The van der Waals surface area contributed by atoms with Crippen LogP contribution in [0.25, 0.3) is 6.08 Å². The minimum absolute atomic E-state index is 0.485. The lowest BCUT2D eigenvalue weighted by molar-refractivity contribution is -0.159. The van der Waals surface area contributed by atoms with E-state index >= 15 is 0 Å². The van der Waals surface area contributed by atoms with Gasteiger partial charge in [0.25, 0.3) is 0 Å². The largest absolute Gasteiger partial charge is 0.468 e. The molecule has 2 aromatic carbocycles. The monoisotopic (exact) mass is 338 g/mol. The Morgan fingerprint density at radius 1 is 0.880 bits per heavy atom. The third kappa shape index (κ3) is 4.80. The van der Waals surface area contributed by atoms with E-state index in [1.165, 1.54) is 14.2 Å². The van der Waals surface area contributed by atoms with E-state index in [9.17, 15) is 9.59 Å². The van der Waals surface area contributed by atoms with Gasteiger partial charge in [-0.2, -0.15) is 0 Å². The summed E-state index contributed by atoms with van der Waals surface area (Å²) in [5.74, 6) is -2.77. The number of carbonyl (C=O) groups is 2. The lowest BCUT2D eigenvalue weighted by atomic mass is 9.84. The Kier molecular flexibility index (Phi) is 6.52. The zero-order valence-electron chi connectivity index (χ0n) is 14.6. The predicted molar refractivity (Wildman–Crippen MR) is 96.9 cm³/mol. The van der Waals surface area contributed by atoms with E-state index in [4.69, 9.17) is 9.47 Å². The van der Waals surface area contributed by atoms with Gasteiger partial charge >= 0.3 is 11.9 Å².